The van der Waals surface area contributed by atoms with E-state index < -0.39 is 0 Å². The first kappa shape index (κ1) is 12.2. The highest BCUT2D eigenvalue weighted by atomic mass is 79.9. The van der Waals surface area contributed by atoms with Gasteiger partial charge in [0.1, 0.15) is 0 Å². The minimum atomic E-state index is 0.350. The molecule has 0 amide bonds. The molecule has 1 aliphatic rings. The van der Waals surface area contributed by atoms with Crippen molar-refractivity contribution in [3.05, 3.63) is 27.7 Å². The Balaban J connectivity index is 1.86. The Morgan fingerprint density at radius 2 is 2.31 bits per heavy atom. The van der Waals surface area contributed by atoms with Crippen LogP contribution in [0, 0.1) is 0 Å². The molecular formula is C12H15BrClNO. The van der Waals surface area contributed by atoms with Crippen molar-refractivity contribution in [1.82, 2.24) is 0 Å². The number of rotatable bonds is 3. The van der Waals surface area contributed by atoms with Crippen molar-refractivity contribution in [2.75, 3.05) is 18.5 Å². The van der Waals surface area contributed by atoms with Crippen molar-refractivity contribution in [1.29, 1.82) is 0 Å². The lowest BCUT2D eigenvalue weighted by atomic mass is 10.1. The maximum Gasteiger partial charge on any atom is 0.0747 e. The van der Waals surface area contributed by atoms with E-state index in [0.717, 1.165) is 34.8 Å². The minimum absolute atomic E-state index is 0.350. The average Bonchev–Trinajstić information content (AvgIpc) is 2.32. The van der Waals surface area contributed by atoms with Crippen LogP contribution in [0.4, 0.5) is 5.69 Å². The highest BCUT2D eigenvalue weighted by Gasteiger charge is 2.13. The molecule has 1 fully saturated rings. The molecule has 1 atom stereocenters. The molecule has 2 nitrogen and oxygen atoms in total. The molecule has 1 aromatic carbocycles. The van der Waals surface area contributed by atoms with Crippen LogP contribution < -0.4 is 5.32 Å². The SMILES string of the molecule is Clc1ccc(NCC2CCCCO2)cc1Br. The van der Waals surface area contributed by atoms with Gasteiger partial charge in [-0.2, -0.15) is 0 Å². The summed E-state index contributed by atoms with van der Waals surface area (Å²) in [6.07, 6.45) is 3.98. The third-order valence-electron chi connectivity index (χ3n) is 2.73. The number of benzene rings is 1. The quantitative estimate of drug-likeness (QED) is 0.908. The smallest absolute Gasteiger partial charge is 0.0747 e. The van der Waals surface area contributed by atoms with Gasteiger partial charge in [-0.15, -0.1) is 0 Å². The van der Waals surface area contributed by atoms with Crippen LogP contribution in [-0.2, 0) is 4.74 Å². The number of anilines is 1. The van der Waals surface area contributed by atoms with Crippen molar-refractivity contribution in [2.24, 2.45) is 0 Å². The van der Waals surface area contributed by atoms with Crippen LogP contribution in [-0.4, -0.2) is 19.3 Å². The summed E-state index contributed by atoms with van der Waals surface area (Å²) in [4.78, 5) is 0. The molecule has 0 aliphatic carbocycles. The Kier molecular flexibility index (Phi) is 4.50. The van der Waals surface area contributed by atoms with Crippen LogP contribution in [0.15, 0.2) is 22.7 Å². The monoisotopic (exact) mass is 303 g/mol. The zero-order valence-corrected chi connectivity index (χ0v) is 11.4. The van der Waals surface area contributed by atoms with Crippen molar-refractivity contribution >= 4 is 33.2 Å². The van der Waals surface area contributed by atoms with Gasteiger partial charge < -0.3 is 10.1 Å². The Bertz CT molecular complexity index is 353. The molecular weight excluding hydrogens is 289 g/mol. The molecule has 16 heavy (non-hydrogen) atoms. The van der Waals surface area contributed by atoms with Gasteiger partial charge in [0.2, 0.25) is 0 Å². The number of hydrogen-bond donors (Lipinski definition) is 1. The van der Waals surface area contributed by atoms with E-state index >= 15 is 0 Å². The van der Waals surface area contributed by atoms with Crippen LogP contribution in [0.5, 0.6) is 0 Å². The Morgan fingerprint density at radius 3 is 3.00 bits per heavy atom. The zero-order valence-electron chi connectivity index (χ0n) is 9.01. The van der Waals surface area contributed by atoms with Gasteiger partial charge in [0.25, 0.3) is 0 Å². The summed E-state index contributed by atoms with van der Waals surface area (Å²) in [7, 11) is 0. The minimum Gasteiger partial charge on any atom is -0.382 e. The van der Waals surface area contributed by atoms with E-state index in [4.69, 9.17) is 16.3 Å². The average molecular weight is 305 g/mol. The molecule has 1 aliphatic heterocycles. The molecule has 1 saturated heterocycles. The predicted octanol–water partition coefficient (Wildman–Crippen LogP) is 4.08. The summed E-state index contributed by atoms with van der Waals surface area (Å²) < 4.78 is 6.57. The fourth-order valence-corrected chi connectivity index (χ4v) is 2.30. The predicted molar refractivity (Wildman–Crippen MR) is 71.2 cm³/mol. The Hall–Kier alpha value is -0.250. The maximum atomic E-state index is 5.93. The molecule has 88 valence electrons. The molecule has 0 bridgehead atoms. The van der Waals surface area contributed by atoms with E-state index in [0.29, 0.717) is 6.10 Å². The van der Waals surface area contributed by atoms with Gasteiger partial charge in [-0.3, -0.25) is 0 Å². The third kappa shape index (κ3) is 3.37. The molecule has 1 N–H and O–H groups in total. The molecule has 0 saturated carbocycles. The topological polar surface area (TPSA) is 21.3 Å². The standard InChI is InChI=1S/C12H15BrClNO/c13-11-7-9(4-5-12(11)14)15-8-10-3-1-2-6-16-10/h4-5,7,10,15H,1-3,6,8H2. The highest BCUT2D eigenvalue weighted by Crippen LogP contribution is 2.25. The lowest BCUT2D eigenvalue weighted by Crippen LogP contribution is -2.26. The van der Waals surface area contributed by atoms with Crippen molar-refractivity contribution in [3.8, 4) is 0 Å². The van der Waals surface area contributed by atoms with E-state index in [1.807, 2.05) is 18.2 Å². The van der Waals surface area contributed by atoms with Crippen molar-refractivity contribution in [3.63, 3.8) is 0 Å². The fourth-order valence-electron chi connectivity index (χ4n) is 1.81. The van der Waals surface area contributed by atoms with Crippen LogP contribution in [0.2, 0.25) is 5.02 Å². The van der Waals surface area contributed by atoms with Crippen LogP contribution in [0.25, 0.3) is 0 Å². The second-order valence-electron chi connectivity index (χ2n) is 4.00. The molecule has 2 rings (SSSR count). The molecule has 1 aromatic rings. The van der Waals surface area contributed by atoms with Gasteiger partial charge in [0.05, 0.1) is 11.1 Å². The van der Waals surface area contributed by atoms with E-state index in [-0.39, 0.29) is 0 Å². The molecule has 0 aromatic heterocycles. The van der Waals surface area contributed by atoms with Crippen molar-refractivity contribution in [2.45, 2.75) is 25.4 Å². The second kappa shape index (κ2) is 5.89. The van der Waals surface area contributed by atoms with Crippen molar-refractivity contribution < 1.29 is 4.74 Å². The molecule has 0 spiro atoms. The van der Waals surface area contributed by atoms with E-state index in [1.54, 1.807) is 0 Å². The van der Waals surface area contributed by atoms with Gasteiger partial charge in [-0.05, 0) is 53.4 Å². The first-order chi connectivity index (χ1) is 7.75. The van der Waals surface area contributed by atoms with Gasteiger partial charge in [-0.1, -0.05) is 11.6 Å². The van der Waals surface area contributed by atoms with E-state index in [9.17, 15) is 0 Å². The molecule has 1 heterocycles. The summed E-state index contributed by atoms with van der Waals surface area (Å²) in [5.74, 6) is 0. The number of nitrogens with one attached hydrogen (secondary N) is 1. The molecule has 0 radical (unpaired) electrons. The zero-order chi connectivity index (χ0) is 11.4. The van der Waals surface area contributed by atoms with Gasteiger partial charge in [0.15, 0.2) is 0 Å². The lowest BCUT2D eigenvalue weighted by molar-refractivity contribution is 0.0247. The van der Waals surface area contributed by atoms with Crippen LogP contribution >= 0.6 is 27.5 Å². The number of ether oxygens (including phenoxy) is 1. The Morgan fingerprint density at radius 1 is 1.44 bits per heavy atom. The Labute approximate surface area is 109 Å². The number of hydrogen-bond acceptors (Lipinski definition) is 2. The lowest BCUT2D eigenvalue weighted by Gasteiger charge is -2.23. The second-order valence-corrected chi connectivity index (χ2v) is 5.26. The first-order valence-corrected chi connectivity index (χ1v) is 6.73. The first-order valence-electron chi connectivity index (χ1n) is 5.56. The van der Waals surface area contributed by atoms with E-state index in [2.05, 4.69) is 21.2 Å². The third-order valence-corrected chi connectivity index (χ3v) is 3.94. The van der Waals surface area contributed by atoms with Gasteiger partial charge in [-0.25, -0.2) is 0 Å². The van der Waals surface area contributed by atoms with Gasteiger partial charge in [0, 0.05) is 23.3 Å². The normalized spacial score (nSPS) is 20.8. The van der Waals surface area contributed by atoms with Gasteiger partial charge >= 0.3 is 0 Å². The maximum absolute atomic E-state index is 5.93. The number of halogens is 2. The summed E-state index contributed by atoms with van der Waals surface area (Å²) >= 11 is 9.34. The van der Waals surface area contributed by atoms with E-state index in [1.165, 1.54) is 12.8 Å². The molecule has 1 unspecified atom stereocenters. The van der Waals surface area contributed by atoms with Crippen LogP contribution in [0.1, 0.15) is 19.3 Å². The summed E-state index contributed by atoms with van der Waals surface area (Å²) in [5.41, 5.74) is 1.07. The fraction of sp³-hybridized carbons (Fsp3) is 0.500. The summed E-state index contributed by atoms with van der Waals surface area (Å²) in [5, 5.41) is 4.10. The molecule has 4 heteroatoms. The summed E-state index contributed by atoms with van der Waals surface area (Å²) in [6, 6.07) is 5.86. The van der Waals surface area contributed by atoms with Crippen LogP contribution in [0.3, 0.4) is 0 Å². The largest absolute Gasteiger partial charge is 0.382 e. The summed E-state index contributed by atoms with van der Waals surface area (Å²) in [6.45, 7) is 1.77. The highest BCUT2D eigenvalue weighted by molar-refractivity contribution is 9.10.